The topological polar surface area (TPSA) is 39.7 Å². The molecule has 0 spiro atoms. The maximum absolute atomic E-state index is 6.11. The van der Waals surface area contributed by atoms with E-state index >= 15 is 0 Å². The summed E-state index contributed by atoms with van der Waals surface area (Å²) in [5.41, 5.74) is 2.55. The van der Waals surface area contributed by atoms with Gasteiger partial charge >= 0.3 is 0 Å². The Labute approximate surface area is 149 Å². The predicted octanol–water partition coefficient (Wildman–Crippen LogP) is 2.89. The second-order valence-corrected chi connectivity index (χ2v) is 5.67. The molecular formula is C15H24ClIN4. The molecule has 0 aliphatic carbocycles. The number of aryl methyl sites for hydroxylation is 1. The van der Waals surface area contributed by atoms with Crippen LogP contribution in [0, 0.1) is 12.8 Å². The molecule has 1 aromatic carbocycles. The lowest BCUT2D eigenvalue weighted by Gasteiger charge is -2.21. The minimum Gasteiger partial charge on any atom is -0.371 e. The molecule has 4 nitrogen and oxygen atoms in total. The van der Waals surface area contributed by atoms with Crippen LogP contribution in [0.5, 0.6) is 0 Å². The van der Waals surface area contributed by atoms with Crippen LogP contribution in [0.2, 0.25) is 5.02 Å². The van der Waals surface area contributed by atoms with Gasteiger partial charge in [-0.1, -0.05) is 17.7 Å². The van der Waals surface area contributed by atoms with E-state index in [-0.39, 0.29) is 24.0 Å². The second kappa shape index (κ2) is 8.68. The van der Waals surface area contributed by atoms with Crippen LogP contribution in [0.3, 0.4) is 0 Å². The Morgan fingerprint density at radius 3 is 2.90 bits per heavy atom. The molecule has 1 saturated heterocycles. The van der Waals surface area contributed by atoms with E-state index in [1.54, 1.807) is 7.05 Å². The molecule has 21 heavy (non-hydrogen) atoms. The van der Waals surface area contributed by atoms with E-state index in [2.05, 4.69) is 39.6 Å². The monoisotopic (exact) mass is 422 g/mol. The second-order valence-electron chi connectivity index (χ2n) is 5.23. The molecule has 1 aromatic rings. The van der Waals surface area contributed by atoms with E-state index < -0.39 is 0 Å². The molecule has 0 aromatic heterocycles. The van der Waals surface area contributed by atoms with E-state index in [0.717, 1.165) is 30.6 Å². The van der Waals surface area contributed by atoms with E-state index in [1.807, 2.05) is 13.1 Å². The molecule has 1 aliphatic heterocycles. The normalized spacial score (nSPS) is 18.4. The Bertz CT molecular complexity index is 493. The van der Waals surface area contributed by atoms with Crippen molar-refractivity contribution in [2.24, 2.45) is 10.9 Å². The highest BCUT2D eigenvalue weighted by molar-refractivity contribution is 14.0. The Morgan fingerprint density at radius 1 is 1.48 bits per heavy atom. The lowest BCUT2D eigenvalue weighted by atomic mass is 10.1. The number of benzene rings is 1. The van der Waals surface area contributed by atoms with Crippen molar-refractivity contribution in [1.29, 1.82) is 0 Å². The first-order valence-corrected chi connectivity index (χ1v) is 7.41. The standard InChI is InChI=1S/C15H23ClN4.HI/c1-11-4-5-13(16)8-14(11)20-7-6-12(10-20)9-19-15(17-2)18-3;/h4-5,8,12H,6-7,9-10H2,1-3H3,(H2,17,18,19);1H. The maximum atomic E-state index is 6.11. The molecule has 2 rings (SSSR count). The zero-order chi connectivity index (χ0) is 14.5. The number of nitrogens with one attached hydrogen (secondary N) is 2. The van der Waals surface area contributed by atoms with Gasteiger partial charge in [-0.3, -0.25) is 4.99 Å². The molecule has 2 N–H and O–H groups in total. The fraction of sp³-hybridized carbons (Fsp3) is 0.533. The number of anilines is 1. The molecule has 1 atom stereocenters. The van der Waals surface area contributed by atoms with E-state index in [0.29, 0.717) is 5.92 Å². The smallest absolute Gasteiger partial charge is 0.190 e. The molecule has 1 aliphatic rings. The van der Waals surface area contributed by atoms with Gasteiger partial charge in [-0.2, -0.15) is 0 Å². The fourth-order valence-corrected chi connectivity index (χ4v) is 2.83. The van der Waals surface area contributed by atoms with Crippen molar-refractivity contribution in [2.75, 3.05) is 38.6 Å². The number of nitrogens with zero attached hydrogens (tertiary/aromatic N) is 2. The van der Waals surface area contributed by atoms with Crippen molar-refractivity contribution in [3.05, 3.63) is 28.8 Å². The quantitative estimate of drug-likeness (QED) is 0.447. The van der Waals surface area contributed by atoms with Gasteiger partial charge in [0.25, 0.3) is 0 Å². The summed E-state index contributed by atoms with van der Waals surface area (Å²) in [5, 5.41) is 7.20. The summed E-state index contributed by atoms with van der Waals surface area (Å²) >= 11 is 6.11. The maximum Gasteiger partial charge on any atom is 0.190 e. The van der Waals surface area contributed by atoms with Gasteiger partial charge in [-0.25, -0.2) is 0 Å². The minimum absolute atomic E-state index is 0. The summed E-state index contributed by atoms with van der Waals surface area (Å²) in [7, 11) is 3.67. The lowest BCUT2D eigenvalue weighted by molar-refractivity contribution is 0.568. The molecule has 0 saturated carbocycles. The van der Waals surface area contributed by atoms with Crippen LogP contribution in [0.15, 0.2) is 23.2 Å². The third kappa shape index (κ3) is 4.92. The number of halogens is 2. The molecule has 118 valence electrons. The first kappa shape index (κ1) is 18.4. The SMILES string of the molecule is CN=C(NC)NCC1CCN(c2cc(Cl)ccc2C)C1.I. The number of guanidine groups is 1. The molecule has 0 bridgehead atoms. The molecule has 6 heteroatoms. The van der Waals surface area contributed by atoms with Gasteiger partial charge in [0.05, 0.1) is 0 Å². The van der Waals surface area contributed by atoms with E-state index in [9.17, 15) is 0 Å². The summed E-state index contributed by atoms with van der Waals surface area (Å²) < 4.78 is 0. The average Bonchev–Trinajstić information content (AvgIpc) is 2.91. The average molecular weight is 423 g/mol. The van der Waals surface area contributed by atoms with Gasteiger partial charge in [0.15, 0.2) is 5.96 Å². The Hall–Kier alpha value is -0.690. The molecule has 0 amide bonds. The minimum atomic E-state index is 0. The fourth-order valence-electron chi connectivity index (χ4n) is 2.66. The molecular weight excluding hydrogens is 399 g/mol. The van der Waals surface area contributed by atoms with Crippen molar-refractivity contribution in [3.63, 3.8) is 0 Å². The first-order valence-electron chi connectivity index (χ1n) is 7.03. The van der Waals surface area contributed by atoms with Crippen molar-refractivity contribution in [3.8, 4) is 0 Å². The Balaban J connectivity index is 0.00000220. The Kier molecular flexibility index (Phi) is 7.59. The summed E-state index contributed by atoms with van der Waals surface area (Å²) in [6.45, 7) is 5.24. The summed E-state index contributed by atoms with van der Waals surface area (Å²) in [5.74, 6) is 1.49. The van der Waals surface area contributed by atoms with Crippen LogP contribution in [-0.2, 0) is 0 Å². The third-order valence-corrected chi connectivity index (χ3v) is 4.05. The van der Waals surface area contributed by atoms with Gasteiger partial charge in [0, 0.05) is 44.4 Å². The predicted molar refractivity (Wildman–Crippen MR) is 102 cm³/mol. The number of rotatable bonds is 3. The molecule has 0 radical (unpaired) electrons. The van der Waals surface area contributed by atoms with Crippen molar-refractivity contribution < 1.29 is 0 Å². The van der Waals surface area contributed by atoms with Gasteiger partial charge in [0.1, 0.15) is 0 Å². The van der Waals surface area contributed by atoms with Crippen molar-refractivity contribution in [1.82, 2.24) is 10.6 Å². The van der Waals surface area contributed by atoms with Crippen LogP contribution in [0.4, 0.5) is 5.69 Å². The van der Waals surface area contributed by atoms with Gasteiger partial charge in [0.2, 0.25) is 0 Å². The number of hydrogen-bond acceptors (Lipinski definition) is 2. The van der Waals surface area contributed by atoms with Crippen LogP contribution in [0.1, 0.15) is 12.0 Å². The van der Waals surface area contributed by atoms with E-state index in [4.69, 9.17) is 11.6 Å². The summed E-state index contributed by atoms with van der Waals surface area (Å²) in [6.07, 6.45) is 1.19. The molecule has 1 heterocycles. The molecule has 1 unspecified atom stereocenters. The zero-order valence-corrected chi connectivity index (χ0v) is 15.9. The molecule has 1 fully saturated rings. The van der Waals surface area contributed by atoms with Crippen LogP contribution in [0.25, 0.3) is 0 Å². The van der Waals surface area contributed by atoms with Gasteiger partial charge in [-0.05, 0) is 37.0 Å². The third-order valence-electron chi connectivity index (χ3n) is 3.82. The summed E-state index contributed by atoms with van der Waals surface area (Å²) in [6, 6.07) is 6.11. The zero-order valence-electron chi connectivity index (χ0n) is 12.8. The number of aliphatic imine (C=N–C) groups is 1. The highest BCUT2D eigenvalue weighted by atomic mass is 127. The number of hydrogen-bond donors (Lipinski definition) is 2. The highest BCUT2D eigenvalue weighted by Crippen LogP contribution is 2.29. The summed E-state index contributed by atoms with van der Waals surface area (Å²) in [4.78, 5) is 6.56. The Morgan fingerprint density at radius 2 is 2.24 bits per heavy atom. The van der Waals surface area contributed by atoms with Gasteiger partial charge < -0.3 is 15.5 Å². The van der Waals surface area contributed by atoms with Gasteiger partial charge in [-0.15, -0.1) is 24.0 Å². The lowest BCUT2D eigenvalue weighted by Crippen LogP contribution is -2.38. The van der Waals surface area contributed by atoms with Crippen molar-refractivity contribution >= 4 is 47.2 Å². The van der Waals surface area contributed by atoms with E-state index in [1.165, 1.54) is 17.7 Å². The van der Waals surface area contributed by atoms with Crippen LogP contribution >= 0.6 is 35.6 Å². The van der Waals surface area contributed by atoms with Crippen molar-refractivity contribution in [2.45, 2.75) is 13.3 Å². The van der Waals surface area contributed by atoms with Crippen LogP contribution in [-0.4, -0.2) is 39.7 Å². The van der Waals surface area contributed by atoms with Crippen LogP contribution < -0.4 is 15.5 Å². The highest BCUT2D eigenvalue weighted by Gasteiger charge is 2.23. The first-order chi connectivity index (χ1) is 9.63. The largest absolute Gasteiger partial charge is 0.371 e.